The predicted molar refractivity (Wildman–Crippen MR) is 311 cm³/mol. The molecule has 72 heavy (non-hydrogen) atoms. The van der Waals surface area contributed by atoms with Crippen molar-refractivity contribution in [2.75, 3.05) is 13.2 Å². The molecule has 0 aromatic carbocycles. The Kier molecular flexibility index (Phi) is 56.4. The summed E-state index contributed by atoms with van der Waals surface area (Å²) in [7, 11) is 0. The molecule has 410 valence electrons. The van der Waals surface area contributed by atoms with Crippen molar-refractivity contribution in [1.82, 2.24) is 0 Å². The van der Waals surface area contributed by atoms with Crippen molar-refractivity contribution in [2.45, 2.75) is 277 Å². The molecule has 0 aliphatic rings. The molecule has 0 aliphatic carbocycles. The molecule has 6 heteroatoms. The van der Waals surface area contributed by atoms with Gasteiger partial charge >= 0.3 is 17.9 Å². The highest BCUT2D eigenvalue weighted by molar-refractivity contribution is 5.71. The van der Waals surface area contributed by atoms with Gasteiger partial charge in [-0.3, -0.25) is 14.4 Å². The topological polar surface area (TPSA) is 78.9 Å². The summed E-state index contributed by atoms with van der Waals surface area (Å²) in [6, 6.07) is 0. The zero-order valence-electron chi connectivity index (χ0n) is 46.9. The molecular weight excluding hydrogens is 889 g/mol. The van der Waals surface area contributed by atoms with Gasteiger partial charge in [0, 0.05) is 19.3 Å². The van der Waals surface area contributed by atoms with Gasteiger partial charge < -0.3 is 14.2 Å². The van der Waals surface area contributed by atoms with Crippen molar-refractivity contribution in [2.24, 2.45) is 0 Å². The average Bonchev–Trinajstić information content (AvgIpc) is 3.38. The normalized spacial score (nSPS) is 12.9. The predicted octanol–water partition coefficient (Wildman–Crippen LogP) is 20.3. The van der Waals surface area contributed by atoms with E-state index in [2.05, 4.69) is 130 Å². The molecule has 0 amide bonds. The Morgan fingerprint density at radius 3 is 0.875 bits per heavy atom. The van der Waals surface area contributed by atoms with Gasteiger partial charge in [-0.25, -0.2) is 0 Å². The standard InChI is InChI=1S/C66H110O6/c1-4-7-10-13-16-19-21-23-25-27-29-30-31-32-33-34-35-36-38-39-41-43-45-47-50-53-56-59-65(68)71-62-63(61-70-64(67)58-55-52-49-18-15-12-9-6-3)72-66(69)60-57-54-51-48-46-44-42-40-37-28-26-24-22-20-17-14-11-8-5-2/h7,10,16-17,19-20,23-26,29-30,32-33,35-36,39,41,63H,4-6,8-9,11-15,18,21-22,27-28,31,34,37-38,40,42-62H2,1-3H3/b10-7-,19-16-,20-17-,25-23-,26-24-,30-29-,33-32-,36-35-,41-39-. The molecule has 0 aromatic rings. The van der Waals surface area contributed by atoms with Crippen molar-refractivity contribution in [3.8, 4) is 0 Å². The first kappa shape index (κ1) is 68.1. The lowest BCUT2D eigenvalue weighted by atomic mass is 10.1. The Balaban J connectivity index is 4.28. The summed E-state index contributed by atoms with van der Waals surface area (Å²) >= 11 is 0. The van der Waals surface area contributed by atoms with E-state index in [0.717, 1.165) is 128 Å². The van der Waals surface area contributed by atoms with Crippen LogP contribution >= 0.6 is 0 Å². The van der Waals surface area contributed by atoms with Crippen LogP contribution < -0.4 is 0 Å². The Morgan fingerprint density at radius 1 is 0.292 bits per heavy atom. The second-order valence-electron chi connectivity index (χ2n) is 19.5. The molecule has 0 rings (SSSR count). The molecule has 0 fully saturated rings. The Hall–Kier alpha value is -3.93. The Bertz CT molecular complexity index is 1470. The molecular formula is C66H110O6. The van der Waals surface area contributed by atoms with Crippen LogP contribution in [0.1, 0.15) is 271 Å². The maximum Gasteiger partial charge on any atom is 0.306 e. The van der Waals surface area contributed by atoms with Crippen LogP contribution in [-0.4, -0.2) is 37.2 Å². The van der Waals surface area contributed by atoms with E-state index in [1.54, 1.807) is 0 Å². The number of ether oxygens (including phenoxy) is 3. The van der Waals surface area contributed by atoms with Crippen LogP contribution in [0.3, 0.4) is 0 Å². The fourth-order valence-corrected chi connectivity index (χ4v) is 8.04. The highest BCUT2D eigenvalue weighted by Crippen LogP contribution is 2.15. The fraction of sp³-hybridized carbons (Fsp3) is 0.682. The van der Waals surface area contributed by atoms with Crippen LogP contribution in [0.2, 0.25) is 0 Å². The van der Waals surface area contributed by atoms with Crippen molar-refractivity contribution in [3.63, 3.8) is 0 Å². The van der Waals surface area contributed by atoms with Crippen molar-refractivity contribution in [3.05, 3.63) is 109 Å². The lowest BCUT2D eigenvalue weighted by Gasteiger charge is -2.18. The van der Waals surface area contributed by atoms with Crippen LogP contribution in [0.25, 0.3) is 0 Å². The van der Waals surface area contributed by atoms with Gasteiger partial charge in [-0.15, -0.1) is 0 Å². The minimum atomic E-state index is -0.788. The maximum absolute atomic E-state index is 12.8. The first-order valence-corrected chi connectivity index (χ1v) is 29.9. The number of allylic oxidation sites excluding steroid dienone is 18. The van der Waals surface area contributed by atoms with Gasteiger partial charge in [0.2, 0.25) is 0 Å². The zero-order valence-corrected chi connectivity index (χ0v) is 46.9. The van der Waals surface area contributed by atoms with Crippen molar-refractivity contribution < 1.29 is 28.6 Å². The van der Waals surface area contributed by atoms with Gasteiger partial charge in [-0.2, -0.15) is 0 Å². The van der Waals surface area contributed by atoms with E-state index < -0.39 is 6.10 Å². The van der Waals surface area contributed by atoms with Gasteiger partial charge in [0.05, 0.1) is 0 Å². The van der Waals surface area contributed by atoms with E-state index in [0.29, 0.717) is 19.3 Å². The van der Waals surface area contributed by atoms with Gasteiger partial charge in [-0.05, 0) is 109 Å². The van der Waals surface area contributed by atoms with E-state index in [4.69, 9.17) is 14.2 Å². The molecule has 1 atom stereocenters. The summed E-state index contributed by atoms with van der Waals surface area (Å²) < 4.78 is 16.8. The summed E-state index contributed by atoms with van der Waals surface area (Å²) in [5.74, 6) is -0.912. The molecule has 6 nitrogen and oxygen atoms in total. The second-order valence-corrected chi connectivity index (χ2v) is 19.5. The number of carbonyl (C=O) groups is 3. The number of hydrogen-bond donors (Lipinski definition) is 0. The van der Waals surface area contributed by atoms with E-state index in [-0.39, 0.29) is 31.1 Å². The van der Waals surface area contributed by atoms with E-state index in [1.165, 1.54) is 103 Å². The second kappa shape index (κ2) is 59.6. The third-order valence-electron chi connectivity index (χ3n) is 12.5. The summed E-state index contributed by atoms with van der Waals surface area (Å²) in [6.07, 6.45) is 80.9. The van der Waals surface area contributed by atoms with Gasteiger partial charge in [0.1, 0.15) is 13.2 Å². The fourth-order valence-electron chi connectivity index (χ4n) is 8.04. The number of unbranched alkanes of at least 4 members (excludes halogenated alkanes) is 24. The molecule has 0 bridgehead atoms. The third-order valence-corrected chi connectivity index (χ3v) is 12.5. The Labute approximate surface area is 444 Å². The molecule has 0 saturated heterocycles. The molecule has 0 heterocycles. The van der Waals surface area contributed by atoms with E-state index in [1.807, 2.05) is 0 Å². The van der Waals surface area contributed by atoms with Crippen LogP contribution in [0.15, 0.2) is 109 Å². The minimum Gasteiger partial charge on any atom is -0.462 e. The summed E-state index contributed by atoms with van der Waals surface area (Å²) in [5.41, 5.74) is 0. The number of rotatable bonds is 53. The summed E-state index contributed by atoms with van der Waals surface area (Å²) in [5, 5.41) is 0. The quantitative estimate of drug-likeness (QED) is 0.0261. The summed E-state index contributed by atoms with van der Waals surface area (Å²) in [4.78, 5) is 38.1. The first-order chi connectivity index (χ1) is 35.5. The molecule has 0 N–H and O–H groups in total. The van der Waals surface area contributed by atoms with Crippen LogP contribution in [-0.2, 0) is 28.6 Å². The zero-order chi connectivity index (χ0) is 52.2. The van der Waals surface area contributed by atoms with Gasteiger partial charge in [0.15, 0.2) is 6.10 Å². The van der Waals surface area contributed by atoms with Crippen molar-refractivity contribution in [1.29, 1.82) is 0 Å². The monoisotopic (exact) mass is 999 g/mol. The maximum atomic E-state index is 12.8. The first-order valence-electron chi connectivity index (χ1n) is 29.9. The van der Waals surface area contributed by atoms with E-state index >= 15 is 0 Å². The molecule has 0 saturated carbocycles. The van der Waals surface area contributed by atoms with Crippen LogP contribution in [0.5, 0.6) is 0 Å². The Morgan fingerprint density at radius 2 is 0.542 bits per heavy atom. The van der Waals surface area contributed by atoms with Crippen molar-refractivity contribution >= 4 is 17.9 Å². The lowest BCUT2D eigenvalue weighted by Crippen LogP contribution is -2.30. The highest BCUT2D eigenvalue weighted by atomic mass is 16.6. The molecule has 0 spiro atoms. The van der Waals surface area contributed by atoms with Crippen LogP contribution in [0.4, 0.5) is 0 Å². The molecule has 0 aromatic heterocycles. The highest BCUT2D eigenvalue weighted by Gasteiger charge is 2.19. The molecule has 0 aliphatic heterocycles. The molecule has 1 unspecified atom stereocenters. The van der Waals surface area contributed by atoms with Gasteiger partial charge in [0.25, 0.3) is 0 Å². The number of carbonyl (C=O) groups excluding carboxylic acids is 3. The third kappa shape index (κ3) is 57.0. The van der Waals surface area contributed by atoms with E-state index in [9.17, 15) is 14.4 Å². The SMILES string of the molecule is CC/C=C\C/C=C\C/C=C\C/C=C\C/C=C\C/C=C\C/C=C\CCCCCCCC(=O)OCC(COC(=O)CCCCCCCCCC)OC(=O)CCCCCCCCCCC/C=C\C/C=C\CCCCC. The lowest BCUT2D eigenvalue weighted by molar-refractivity contribution is -0.167. The minimum absolute atomic E-state index is 0.0858. The number of esters is 3. The van der Waals surface area contributed by atoms with Gasteiger partial charge in [-0.1, -0.05) is 252 Å². The molecule has 0 radical (unpaired) electrons. The summed E-state index contributed by atoms with van der Waals surface area (Å²) in [6.45, 7) is 6.46. The van der Waals surface area contributed by atoms with Crippen LogP contribution in [0, 0.1) is 0 Å². The number of hydrogen-bond acceptors (Lipinski definition) is 6. The smallest absolute Gasteiger partial charge is 0.306 e. The average molecular weight is 1000 g/mol. The largest absolute Gasteiger partial charge is 0.462 e.